The standard InChI is InChI=1S/C14H20N2O3/c1-2-12(3-9-4-14(15)16-8-9)19-13-6-10(17)5-11(18)7-13/h4-7,9,12,16-18H,2-3,8,15H2,1H3/t9-,12-/m0/s1. The van der Waals surface area contributed by atoms with Gasteiger partial charge in [-0.3, -0.25) is 0 Å². The Morgan fingerprint density at radius 2 is 2.05 bits per heavy atom. The molecular formula is C14H20N2O3. The molecule has 2 atom stereocenters. The molecule has 0 saturated heterocycles. The van der Waals surface area contributed by atoms with E-state index in [0.717, 1.165) is 25.2 Å². The van der Waals surface area contributed by atoms with E-state index < -0.39 is 0 Å². The Kier molecular flexibility index (Phi) is 4.04. The van der Waals surface area contributed by atoms with Gasteiger partial charge in [-0.1, -0.05) is 6.92 Å². The number of nitrogens with two attached hydrogens (primary N) is 1. The Labute approximate surface area is 112 Å². The van der Waals surface area contributed by atoms with Gasteiger partial charge in [-0.25, -0.2) is 0 Å². The molecule has 0 saturated carbocycles. The molecule has 0 amide bonds. The Balaban J connectivity index is 1.98. The van der Waals surface area contributed by atoms with Gasteiger partial charge >= 0.3 is 0 Å². The summed E-state index contributed by atoms with van der Waals surface area (Å²) in [6.45, 7) is 2.87. The maximum Gasteiger partial charge on any atom is 0.127 e. The number of benzene rings is 1. The number of rotatable bonds is 5. The summed E-state index contributed by atoms with van der Waals surface area (Å²) in [5, 5.41) is 21.9. The molecule has 0 spiro atoms. The van der Waals surface area contributed by atoms with E-state index in [4.69, 9.17) is 10.5 Å². The zero-order chi connectivity index (χ0) is 13.8. The van der Waals surface area contributed by atoms with E-state index in [1.165, 1.54) is 18.2 Å². The second-order valence-corrected chi connectivity index (χ2v) is 4.83. The smallest absolute Gasteiger partial charge is 0.127 e. The van der Waals surface area contributed by atoms with Gasteiger partial charge in [-0.05, 0) is 18.9 Å². The third-order valence-electron chi connectivity index (χ3n) is 3.18. The first-order valence-corrected chi connectivity index (χ1v) is 6.47. The van der Waals surface area contributed by atoms with E-state index in [1.54, 1.807) is 0 Å². The molecule has 2 rings (SSSR count). The van der Waals surface area contributed by atoms with Crippen LogP contribution >= 0.6 is 0 Å². The van der Waals surface area contributed by atoms with Gasteiger partial charge in [-0.15, -0.1) is 0 Å². The van der Waals surface area contributed by atoms with Crippen molar-refractivity contribution in [3.63, 3.8) is 0 Å². The molecular weight excluding hydrogens is 244 g/mol. The first-order valence-electron chi connectivity index (χ1n) is 6.47. The number of ether oxygens (including phenoxy) is 1. The van der Waals surface area contributed by atoms with Gasteiger partial charge in [0.25, 0.3) is 0 Å². The van der Waals surface area contributed by atoms with Crippen LogP contribution < -0.4 is 15.8 Å². The summed E-state index contributed by atoms with van der Waals surface area (Å²) in [5.74, 6) is 1.55. The van der Waals surface area contributed by atoms with E-state index in [9.17, 15) is 10.2 Å². The molecule has 5 N–H and O–H groups in total. The van der Waals surface area contributed by atoms with Crippen molar-refractivity contribution in [1.82, 2.24) is 5.32 Å². The monoisotopic (exact) mass is 264 g/mol. The van der Waals surface area contributed by atoms with Gasteiger partial charge < -0.3 is 26.0 Å². The quantitative estimate of drug-likeness (QED) is 0.649. The maximum atomic E-state index is 9.42. The fourth-order valence-electron chi connectivity index (χ4n) is 2.24. The second-order valence-electron chi connectivity index (χ2n) is 4.83. The van der Waals surface area contributed by atoms with Crippen LogP contribution in [0.5, 0.6) is 17.2 Å². The zero-order valence-electron chi connectivity index (χ0n) is 11.0. The van der Waals surface area contributed by atoms with Gasteiger partial charge in [0.05, 0.1) is 11.9 Å². The fourth-order valence-corrected chi connectivity index (χ4v) is 2.24. The van der Waals surface area contributed by atoms with Crippen molar-refractivity contribution in [1.29, 1.82) is 0 Å². The summed E-state index contributed by atoms with van der Waals surface area (Å²) in [6.07, 6.45) is 3.72. The van der Waals surface area contributed by atoms with Crippen LogP contribution in [0, 0.1) is 5.92 Å². The van der Waals surface area contributed by atoms with Gasteiger partial charge in [0.2, 0.25) is 0 Å². The third kappa shape index (κ3) is 3.71. The first-order chi connectivity index (χ1) is 9.06. The summed E-state index contributed by atoms with van der Waals surface area (Å²) in [6, 6.07) is 4.27. The van der Waals surface area contributed by atoms with Crippen LogP contribution in [0.25, 0.3) is 0 Å². The van der Waals surface area contributed by atoms with E-state index in [-0.39, 0.29) is 17.6 Å². The van der Waals surface area contributed by atoms with Crippen LogP contribution in [0.4, 0.5) is 0 Å². The molecule has 5 heteroatoms. The van der Waals surface area contributed by atoms with Gasteiger partial charge in [0.15, 0.2) is 0 Å². The molecule has 1 heterocycles. The molecule has 1 aliphatic heterocycles. The van der Waals surface area contributed by atoms with Crippen LogP contribution in [0.2, 0.25) is 0 Å². The number of phenols is 2. The van der Waals surface area contributed by atoms with Gasteiger partial charge in [0.1, 0.15) is 17.2 Å². The Morgan fingerprint density at radius 1 is 1.37 bits per heavy atom. The van der Waals surface area contributed by atoms with Crippen molar-refractivity contribution in [2.45, 2.75) is 25.9 Å². The Bertz CT molecular complexity index is 454. The Morgan fingerprint density at radius 3 is 2.58 bits per heavy atom. The van der Waals surface area contributed by atoms with E-state index in [0.29, 0.717) is 11.7 Å². The summed E-state index contributed by atoms with van der Waals surface area (Å²) in [7, 11) is 0. The number of hydrogen-bond donors (Lipinski definition) is 4. The second kappa shape index (κ2) is 5.73. The van der Waals surface area contributed by atoms with Crippen LogP contribution in [-0.2, 0) is 0 Å². The zero-order valence-corrected chi connectivity index (χ0v) is 11.0. The first kappa shape index (κ1) is 13.4. The van der Waals surface area contributed by atoms with E-state index >= 15 is 0 Å². The van der Waals surface area contributed by atoms with Crippen molar-refractivity contribution in [3.05, 3.63) is 30.1 Å². The van der Waals surface area contributed by atoms with Crippen molar-refractivity contribution < 1.29 is 14.9 Å². The predicted molar refractivity (Wildman–Crippen MR) is 72.9 cm³/mol. The average Bonchev–Trinajstić information content (AvgIpc) is 2.72. The normalized spacial score (nSPS) is 19.6. The lowest BCUT2D eigenvalue weighted by atomic mass is 10.0. The van der Waals surface area contributed by atoms with Crippen LogP contribution in [-0.4, -0.2) is 22.9 Å². The summed E-state index contributed by atoms with van der Waals surface area (Å²) in [4.78, 5) is 0. The highest BCUT2D eigenvalue weighted by Gasteiger charge is 2.19. The number of hydrogen-bond acceptors (Lipinski definition) is 5. The minimum Gasteiger partial charge on any atom is -0.508 e. The van der Waals surface area contributed by atoms with Crippen LogP contribution in [0.1, 0.15) is 19.8 Å². The summed E-state index contributed by atoms with van der Waals surface area (Å²) < 4.78 is 5.80. The van der Waals surface area contributed by atoms with Crippen LogP contribution in [0.3, 0.4) is 0 Å². The highest BCUT2D eigenvalue weighted by Crippen LogP contribution is 2.28. The number of nitrogens with one attached hydrogen (secondary N) is 1. The molecule has 19 heavy (non-hydrogen) atoms. The number of phenolic OH excluding ortho intramolecular Hbond substituents is 2. The average molecular weight is 264 g/mol. The molecule has 1 aromatic rings. The molecule has 1 aliphatic rings. The maximum absolute atomic E-state index is 9.42. The molecule has 1 aromatic carbocycles. The lowest BCUT2D eigenvalue weighted by Gasteiger charge is -2.20. The highest BCUT2D eigenvalue weighted by molar-refractivity contribution is 5.40. The van der Waals surface area contributed by atoms with Crippen molar-refractivity contribution in [2.75, 3.05) is 6.54 Å². The SMILES string of the molecule is CC[C@@H](C[C@H]1C=C(N)NC1)Oc1cc(O)cc(O)c1. The fraction of sp³-hybridized carbons (Fsp3) is 0.429. The largest absolute Gasteiger partial charge is 0.508 e. The van der Waals surface area contributed by atoms with Crippen molar-refractivity contribution in [3.8, 4) is 17.2 Å². The molecule has 104 valence electrons. The lowest BCUT2D eigenvalue weighted by Crippen LogP contribution is -2.22. The Hall–Kier alpha value is -2.04. The minimum atomic E-state index is -0.00322. The molecule has 0 bridgehead atoms. The van der Waals surface area contributed by atoms with Crippen molar-refractivity contribution in [2.24, 2.45) is 11.7 Å². The molecule has 5 nitrogen and oxygen atoms in total. The van der Waals surface area contributed by atoms with Crippen LogP contribution in [0.15, 0.2) is 30.1 Å². The van der Waals surface area contributed by atoms with Gasteiger partial charge in [-0.2, -0.15) is 0 Å². The van der Waals surface area contributed by atoms with Crippen molar-refractivity contribution >= 4 is 0 Å². The van der Waals surface area contributed by atoms with E-state index in [2.05, 4.69) is 5.32 Å². The molecule has 0 aliphatic carbocycles. The summed E-state index contributed by atoms with van der Waals surface area (Å²) >= 11 is 0. The molecule has 0 radical (unpaired) electrons. The molecule has 0 fully saturated rings. The van der Waals surface area contributed by atoms with E-state index in [1.807, 2.05) is 13.0 Å². The molecule has 0 unspecified atom stereocenters. The number of aromatic hydroxyl groups is 2. The molecule has 0 aromatic heterocycles. The predicted octanol–water partition coefficient (Wildman–Crippen LogP) is 1.66. The topological polar surface area (TPSA) is 87.7 Å². The van der Waals surface area contributed by atoms with Gasteiger partial charge in [0, 0.05) is 30.7 Å². The highest BCUT2D eigenvalue weighted by atomic mass is 16.5. The third-order valence-corrected chi connectivity index (χ3v) is 3.18. The summed E-state index contributed by atoms with van der Waals surface area (Å²) in [5.41, 5.74) is 5.68. The minimum absolute atomic E-state index is 0.00322. The lowest BCUT2D eigenvalue weighted by molar-refractivity contribution is 0.172.